The Labute approximate surface area is 76.7 Å². The fourth-order valence-electron chi connectivity index (χ4n) is 1.60. The van der Waals surface area contributed by atoms with Crippen molar-refractivity contribution in [2.24, 2.45) is 10.7 Å². The zero-order valence-electron chi connectivity index (χ0n) is 7.54. The molecule has 1 aromatic rings. The smallest absolute Gasteiger partial charge is 0.129 e. The van der Waals surface area contributed by atoms with Crippen LogP contribution in [0.3, 0.4) is 0 Å². The Balaban J connectivity index is 2.66. The maximum absolute atomic E-state index is 5.83. The van der Waals surface area contributed by atoms with Crippen LogP contribution in [0.15, 0.2) is 11.1 Å². The monoisotopic (exact) mass is 176 g/mol. The zero-order valence-corrected chi connectivity index (χ0v) is 7.54. The molecule has 0 amide bonds. The minimum Gasteiger partial charge on any atom is -0.398 e. The maximum atomic E-state index is 5.83. The third kappa shape index (κ3) is 1.24. The first kappa shape index (κ1) is 8.04. The van der Waals surface area contributed by atoms with E-state index in [0.717, 1.165) is 23.4 Å². The van der Waals surface area contributed by atoms with Gasteiger partial charge in [-0.05, 0) is 13.0 Å². The molecule has 4 heteroatoms. The molecule has 0 fully saturated rings. The van der Waals surface area contributed by atoms with Gasteiger partial charge in [-0.3, -0.25) is 9.98 Å². The fraction of sp³-hybridized carbons (Fsp3) is 0.333. The van der Waals surface area contributed by atoms with Crippen molar-refractivity contribution in [1.82, 2.24) is 4.98 Å². The number of pyridine rings is 1. The number of hydrogen-bond donors (Lipinski definition) is 2. The largest absolute Gasteiger partial charge is 0.398 e. The van der Waals surface area contributed by atoms with E-state index in [1.165, 1.54) is 0 Å². The minimum atomic E-state index is 0.520. The summed E-state index contributed by atoms with van der Waals surface area (Å²) in [5, 5.41) is 0. The number of aromatic nitrogens is 1. The summed E-state index contributed by atoms with van der Waals surface area (Å²) >= 11 is 0. The first-order chi connectivity index (χ1) is 6.18. The van der Waals surface area contributed by atoms with Gasteiger partial charge in [0.25, 0.3) is 0 Å². The highest BCUT2D eigenvalue weighted by molar-refractivity contribution is 6.03. The second-order valence-electron chi connectivity index (χ2n) is 3.19. The van der Waals surface area contributed by atoms with Gasteiger partial charge in [-0.1, -0.05) is 0 Å². The van der Waals surface area contributed by atoms with Gasteiger partial charge in [0, 0.05) is 24.3 Å². The summed E-state index contributed by atoms with van der Waals surface area (Å²) in [6, 6.07) is 1.83. The molecule has 1 aromatic heterocycles. The van der Waals surface area contributed by atoms with Crippen LogP contribution < -0.4 is 11.5 Å². The molecule has 0 aromatic carbocycles. The molecule has 68 valence electrons. The Morgan fingerprint density at radius 1 is 1.38 bits per heavy atom. The van der Waals surface area contributed by atoms with E-state index in [9.17, 15) is 0 Å². The second kappa shape index (κ2) is 2.73. The van der Waals surface area contributed by atoms with Crippen LogP contribution in [-0.4, -0.2) is 17.4 Å². The Hall–Kier alpha value is -1.58. The quantitative estimate of drug-likeness (QED) is 0.594. The molecule has 0 unspecified atom stereocenters. The van der Waals surface area contributed by atoms with E-state index in [-0.39, 0.29) is 0 Å². The summed E-state index contributed by atoms with van der Waals surface area (Å²) < 4.78 is 0. The van der Waals surface area contributed by atoms with Crippen LogP contribution >= 0.6 is 0 Å². The molecule has 1 aliphatic heterocycles. The third-order valence-electron chi connectivity index (χ3n) is 2.14. The van der Waals surface area contributed by atoms with Crippen LogP contribution in [-0.2, 0) is 6.42 Å². The van der Waals surface area contributed by atoms with E-state index >= 15 is 0 Å². The van der Waals surface area contributed by atoms with Crippen molar-refractivity contribution in [2.45, 2.75) is 13.3 Å². The molecule has 0 saturated carbocycles. The summed E-state index contributed by atoms with van der Waals surface area (Å²) in [4.78, 5) is 8.52. The van der Waals surface area contributed by atoms with Gasteiger partial charge in [-0.15, -0.1) is 0 Å². The lowest BCUT2D eigenvalue weighted by atomic mass is 10.0. The van der Waals surface area contributed by atoms with E-state index in [2.05, 4.69) is 9.98 Å². The highest BCUT2D eigenvalue weighted by atomic mass is 14.9. The first-order valence-electron chi connectivity index (χ1n) is 4.25. The number of rotatable bonds is 0. The number of amidine groups is 1. The fourth-order valence-corrected chi connectivity index (χ4v) is 1.60. The highest BCUT2D eigenvalue weighted by Gasteiger charge is 2.16. The average Bonchev–Trinajstić information content (AvgIpc) is 2.02. The lowest BCUT2D eigenvalue weighted by Gasteiger charge is -2.15. The topological polar surface area (TPSA) is 77.3 Å². The van der Waals surface area contributed by atoms with Gasteiger partial charge >= 0.3 is 0 Å². The molecule has 4 N–H and O–H groups in total. The molecule has 1 aliphatic rings. The van der Waals surface area contributed by atoms with Crippen molar-refractivity contribution in [3.8, 4) is 0 Å². The number of fused-ring (bicyclic) bond motifs is 1. The zero-order chi connectivity index (χ0) is 9.42. The molecule has 4 nitrogen and oxygen atoms in total. The van der Waals surface area contributed by atoms with E-state index in [4.69, 9.17) is 11.5 Å². The molecule has 0 radical (unpaired) electrons. The summed E-state index contributed by atoms with van der Waals surface area (Å²) in [6.45, 7) is 2.65. The highest BCUT2D eigenvalue weighted by Crippen LogP contribution is 2.19. The molecule has 2 heterocycles. The van der Waals surface area contributed by atoms with Gasteiger partial charge in [-0.25, -0.2) is 0 Å². The number of anilines is 1. The van der Waals surface area contributed by atoms with E-state index in [1.807, 2.05) is 13.0 Å². The minimum absolute atomic E-state index is 0.520. The number of nitrogens with two attached hydrogens (primary N) is 2. The summed E-state index contributed by atoms with van der Waals surface area (Å²) in [5.41, 5.74) is 15.0. The maximum Gasteiger partial charge on any atom is 0.129 e. The van der Waals surface area contributed by atoms with Gasteiger partial charge in [0.2, 0.25) is 0 Å². The third-order valence-corrected chi connectivity index (χ3v) is 2.14. The van der Waals surface area contributed by atoms with Crippen molar-refractivity contribution < 1.29 is 0 Å². The SMILES string of the molecule is Cc1cc(N)c2c(n1)CCN=C2N. The molecular formula is C9H12N4. The van der Waals surface area contributed by atoms with Crippen molar-refractivity contribution in [3.63, 3.8) is 0 Å². The lowest BCUT2D eigenvalue weighted by Crippen LogP contribution is -2.23. The van der Waals surface area contributed by atoms with Crippen LogP contribution in [0.4, 0.5) is 5.69 Å². The van der Waals surface area contributed by atoms with Crippen LogP contribution in [0.5, 0.6) is 0 Å². The first-order valence-corrected chi connectivity index (χ1v) is 4.25. The van der Waals surface area contributed by atoms with E-state index < -0.39 is 0 Å². The van der Waals surface area contributed by atoms with Gasteiger partial charge < -0.3 is 11.5 Å². The molecule has 0 spiro atoms. The van der Waals surface area contributed by atoms with E-state index in [0.29, 0.717) is 18.1 Å². The molecule has 2 rings (SSSR count). The lowest BCUT2D eigenvalue weighted by molar-refractivity contribution is 0.886. The van der Waals surface area contributed by atoms with Crippen LogP contribution in [0.25, 0.3) is 0 Å². The average molecular weight is 176 g/mol. The van der Waals surface area contributed by atoms with Crippen LogP contribution in [0.2, 0.25) is 0 Å². The number of aryl methyl sites for hydroxylation is 1. The normalized spacial score (nSPS) is 15.0. The van der Waals surface area contributed by atoms with Crippen molar-refractivity contribution in [1.29, 1.82) is 0 Å². The molecule has 0 saturated heterocycles. The van der Waals surface area contributed by atoms with Crippen molar-refractivity contribution in [2.75, 3.05) is 12.3 Å². The molecule has 0 aliphatic carbocycles. The van der Waals surface area contributed by atoms with Gasteiger partial charge in [0.15, 0.2) is 0 Å². The van der Waals surface area contributed by atoms with Crippen molar-refractivity contribution >= 4 is 11.5 Å². The van der Waals surface area contributed by atoms with Gasteiger partial charge in [0.05, 0.1) is 11.3 Å². The number of nitrogens with zero attached hydrogens (tertiary/aromatic N) is 2. The van der Waals surface area contributed by atoms with Gasteiger partial charge in [0.1, 0.15) is 5.84 Å². The molecule has 0 bridgehead atoms. The van der Waals surface area contributed by atoms with Crippen molar-refractivity contribution in [3.05, 3.63) is 23.0 Å². The Morgan fingerprint density at radius 3 is 2.92 bits per heavy atom. The molecule has 0 atom stereocenters. The standard InChI is InChI=1S/C9H12N4/c1-5-4-6(10)8-7(13-5)2-3-12-9(8)11/h4H,2-3H2,1H3,(H2,10,13)(H2,11,12). The predicted octanol–water partition coefficient (Wildman–Crippen LogP) is 0.234. The van der Waals surface area contributed by atoms with E-state index in [1.54, 1.807) is 0 Å². The Bertz CT molecular complexity index is 381. The number of nitrogen functional groups attached to an aromatic ring is 1. The van der Waals surface area contributed by atoms with Gasteiger partial charge in [-0.2, -0.15) is 0 Å². The molecule has 13 heavy (non-hydrogen) atoms. The van der Waals surface area contributed by atoms with Crippen LogP contribution in [0.1, 0.15) is 17.0 Å². The predicted molar refractivity (Wildman–Crippen MR) is 52.7 cm³/mol. The number of aliphatic imine (C=N–C) groups is 1. The number of hydrogen-bond acceptors (Lipinski definition) is 4. The summed E-state index contributed by atoms with van der Waals surface area (Å²) in [7, 11) is 0. The van der Waals surface area contributed by atoms with Crippen LogP contribution in [0, 0.1) is 6.92 Å². The Morgan fingerprint density at radius 2 is 2.15 bits per heavy atom. The summed E-state index contributed by atoms with van der Waals surface area (Å²) in [6.07, 6.45) is 0.835. The summed E-state index contributed by atoms with van der Waals surface area (Å²) in [5.74, 6) is 0.520. The Kier molecular flexibility index (Phi) is 1.69. The second-order valence-corrected chi connectivity index (χ2v) is 3.19. The molecular weight excluding hydrogens is 164 g/mol.